The van der Waals surface area contributed by atoms with Gasteiger partial charge in [0.05, 0.1) is 0 Å². The third kappa shape index (κ3) is 5.43. The van der Waals surface area contributed by atoms with Gasteiger partial charge in [0.15, 0.2) is 11.5 Å². The monoisotopic (exact) mass is 623 g/mol. The van der Waals surface area contributed by atoms with E-state index in [9.17, 15) is 14.4 Å². The molecule has 1 aromatic rings. The van der Waals surface area contributed by atoms with Gasteiger partial charge >= 0.3 is 11.9 Å². The smallest absolute Gasteiger partial charge is 0.308 e. The van der Waals surface area contributed by atoms with Crippen LogP contribution in [0.4, 0.5) is 0 Å². The number of benzene rings is 1. The van der Waals surface area contributed by atoms with E-state index < -0.39 is 17.4 Å². The standard InChI is InChI=1S/C37H53NO5S/c1-21(2)44-29-18-26-11-10-25(27-19-28(42-23(4)39)32(43-24(5)40)22(3)31(27)29)12-13-37(9)30-20-35(7,33(38)41)15-14-34(30,6)16-17-36(26,37)8/h18-19,21,25,29-30H,10-17,20H2,1-9H3,(H2,38,41)/t25-,29?,30-,34-,35-,36-,37+/m1/s1. The molecule has 44 heavy (non-hydrogen) atoms. The first-order valence-corrected chi connectivity index (χ1v) is 17.6. The van der Waals surface area contributed by atoms with Crippen LogP contribution in [0, 0.1) is 34.5 Å². The van der Waals surface area contributed by atoms with E-state index >= 15 is 0 Å². The number of hydrogen-bond acceptors (Lipinski definition) is 6. The normalized spacial score (nSPS) is 36.4. The maximum absolute atomic E-state index is 12.8. The van der Waals surface area contributed by atoms with E-state index in [0.717, 1.165) is 56.9 Å². The molecular weight excluding hydrogens is 570 g/mol. The van der Waals surface area contributed by atoms with Gasteiger partial charge in [-0.3, -0.25) is 14.4 Å². The van der Waals surface area contributed by atoms with Crippen molar-refractivity contribution in [2.24, 2.45) is 33.3 Å². The molecule has 0 heterocycles. The van der Waals surface area contributed by atoms with Gasteiger partial charge in [-0.1, -0.05) is 53.2 Å². The second-order valence-corrected chi connectivity index (χ2v) is 17.4. The van der Waals surface area contributed by atoms with Crippen molar-refractivity contribution in [3.63, 3.8) is 0 Å². The topological polar surface area (TPSA) is 95.7 Å². The summed E-state index contributed by atoms with van der Waals surface area (Å²) in [5, 5.41) is 0.442. The molecule has 6 nitrogen and oxygen atoms in total. The number of thioether (sulfide) groups is 1. The minimum atomic E-state index is -0.472. The molecular formula is C37H53NO5S. The third-order valence-electron chi connectivity index (χ3n) is 12.6. The third-order valence-corrected chi connectivity index (χ3v) is 13.8. The number of esters is 2. The van der Waals surface area contributed by atoms with Gasteiger partial charge in [-0.25, -0.2) is 0 Å². The van der Waals surface area contributed by atoms with Crippen molar-refractivity contribution in [1.29, 1.82) is 0 Å². The van der Waals surface area contributed by atoms with Crippen LogP contribution < -0.4 is 15.2 Å². The molecule has 2 bridgehead atoms. The summed E-state index contributed by atoms with van der Waals surface area (Å²) in [7, 11) is 0. The number of ether oxygens (including phenoxy) is 2. The minimum absolute atomic E-state index is 0.00236. The maximum atomic E-state index is 12.8. The fraction of sp³-hybridized carbons (Fsp3) is 0.703. The maximum Gasteiger partial charge on any atom is 0.308 e. The van der Waals surface area contributed by atoms with Gasteiger partial charge < -0.3 is 15.2 Å². The largest absolute Gasteiger partial charge is 0.423 e. The highest BCUT2D eigenvalue weighted by Gasteiger charge is 2.63. The second kappa shape index (κ2) is 11.5. The Morgan fingerprint density at radius 1 is 0.955 bits per heavy atom. The molecule has 0 spiro atoms. The van der Waals surface area contributed by atoms with Crippen LogP contribution in [0.5, 0.6) is 11.5 Å². The summed E-state index contributed by atoms with van der Waals surface area (Å²) in [6.45, 7) is 18.9. The van der Waals surface area contributed by atoms with Gasteiger partial charge in [0.2, 0.25) is 5.91 Å². The van der Waals surface area contributed by atoms with Gasteiger partial charge in [-0.05, 0) is 115 Å². The number of rotatable bonds is 5. The van der Waals surface area contributed by atoms with Crippen LogP contribution in [0.15, 0.2) is 17.7 Å². The lowest BCUT2D eigenvalue weighted by Crippen LogP contribution is -2.59. The number of carbonyl (C=O) groups excluding carboxylic acids is 3. The highest BCUT2D eigenvalue weighted by molar-refractivity contribution is 8.00. The van der Waals surface area contributed by atoms with E-state index in [2.05, 4.69) is 47.6 Å². The lowest BCUT2D eigenvalue weighted by Gasteiger charge is -2.66. The van der Waals surface area contributed by atoms with E-state index in [4.69, 9.17) is 15.2 Å². The number of hydrogen-bond donors (Lipinski definition) is 1. The number of nitrogens with two attached hydrogens (primary N) is 1. The molecule has 7 heteroatoms. The zero-order valence-electron chi connectivity index (χ0n) is 28.4. The first kappa shape index (κ1) is 33.1. The summed E-state index contributed by atoms with van der Waals surface area (Å²) in [5.41, 5.74) is 10.6. The summed E-state index contributed by atoms with van der Waals surface area (Å²) in [6.07, 6.45) is 11.7. The van der Waals surface area contributed by atoms with Crippen molar-refractivity contribution in [3.8, 4) is 11.5 Å². The van der Waals surface area contributed by atoms with Crippen LogP contribution in [0.25, 0.3) is 0 Å². The van der Waals surface area contributed by atoms with Crippen molar-refractivity contribution >= 4 is 29.6 Å². The first-order valence-electron chi connectivity index (χ1n) is 16.6. The first-order chi connectivity index (χ1) is 20.4. The number of primary amides is 1. The van der Waals surface area contributed by atoms with E-state index in [0.29, 0.717) is 22.7 Å². The molecule has 1 amide bonds. The Morgan fingerprint density at radius 3 is 2.23 bits per heavy atom. The van der Waals surface area contributed by atoms with Crippen LogP contribution in [-0.4, -0.2) is 23.1 Å². The van der Waals surface area contributed by atoms with Crippen LogP contribution in [0.2, 0.25) is 0 Å². The molecule has 0 saturated heterocycles. The summed E-state index contributed by atoms with van der Waals surface area (Å²) in [6, 6.07) is 2.00. The van der Waals surface area contributed by atoms with Crippen LogP contribution >= 0.6 is 11.8 Å². The fourth-order valence-electron chi connectivity index (χ4n) is 9.73. The molecule has 1 aromatic carbocycles. The zero-order chi connectivity index (χ0) is 32.4. The molecule has 3 saturated carbocycles. The molecule has 2 N–H and O–H groups in total. The number of fused-ring (bicyclic) bond motifs is 9. The summed E-state index contributed by atoms with van der Waals surface area (Å²) in [5.74, 6) is 0.315. The van der Waals surface area contributed by atoms with Crippen LogP contribution in [-0.2, 0) is 14.4 Å². The molecule has 4 aliphatic rings. The second-order valence-electron chi connectivity index (χ2n) is 15.7. The van der Waals surface area contributed by atoms with Crippen molar-refractivity contribution in [2.45, 2.75) is 137 Å². The number of amides is 1. The van der Waals surface area contributed by atoms with Crippen molar-refractivity contribution < 1.29 is 23.9 Å². The molecule has 5 rings (SSSR count). The van der Waals surface area contributed by atoms with E-state index in [1.165, 1.54) is 31.4 Å². The molecule has 3 fully saturated rings. The Bertz CT molecular complexity index is 1400. The number of allylic oxidation sites excluding steroid dienone is 1. The van der Waals surface area contributed by atoms with E-state index in [1.54, 1.807) is 5.57 Å². The Kier molecular flexibility index (Phi) is 8.65. The predicted octanol–water partition coefficient (Wildman–Crippen LogP) is 8.73. The Hall–Kier alpha value is -2.28. The van der Waals surface area contributed by atoms with Crippen molar-refractivity contribution in [1.82, 2.24) is 0 Å². The molecule has 0 aliphatic heterocycles. The summed E-state index contributed by atoms with van der Waals surface area (Å²) >= 11 is 1.93. The van der Waals surface area contributed by atoms with Gasteiger partial charge in [0.25, 0.3) is 0 Å². The van der Waals surface area contributed by atoms with Crippen molar-refractivity contribution in [2.75, 3.05) is 0 Å². The zero-order valence-corrected chi connectivity index (χ0v) is 29.2. The minimum Gasteiger partial charge on any atom is -0.423 e. The average molecular weight is 624 g/mol. The van der Waals surface area contributed by atoms with Gasteiger partial charge in [0, 0.05) is 30.1 Å². The van der Waals surface area contributed by atoms with E-state index in [-0.39, 0.29) is 33.3 Å². The lowest BCUT2D eigenvalue weighted by atomic mass is 9.38. The quantitative estimate of drug-likeness (QED) is 0.200. The molecule has 1 unspecified atom stereocenters. The van der Waals surface area contributed by atoms with E-state index in [1.807, 2.05) is 24.8 Å². The van der Waals surface area contributed by atoms with Gasteiger partial charge in [0.1, 0.15) is 0 Å². The van der Waals surface area contributed by atoms with Crippen molar-refractivity contribution in [3.05, 3.63) is 34.4 Å². The molecule has 7 atom stereocenters. The molecule has 0 aromatic heterocycles. The van der Waals surface area contributed by atoms with Gasteiger partial charge in [-0.2, -0.15) is 0 Å². The highest BCUT2D eigenvalue weighted by Crippen LogP contribution is 2.71. The fourth-order valence-corrected chi connectivity index (χ4v) is 11.0. The van der Waals surface area contributed by atoms with Gasteiger partial charge in [-0.15, -0.1) is 11.8 Å². The Labute approximate surface area is 268 Å². The molecule has 242 valence electrons. The Balaban J connectivity index is 1.73. The predicted molar refractivity (Wildman–Crippen MR) is 177 cm³/mol. The number of carbonyl (C=O) groups is 3. The lowest BCUT2D eigenvalue weighted by molar-refractivity contribution is -0.158. The highest BCUT2D eigenvalue weighted by atomic mass is 32.2. The molecule has 0 radical (unpaired) electrons. The average Bonchev–Trinajstić information content (AvgIpc) is 2.91. The van der Waals surface area contributed by atoms with Crippen LogP contribution in [0.3, 0.4) is 0 Å². The summed E-state index contributed by atoms with van der Waals surface area (Å²) in [4.78, 5) is 37.3. The van der Waals surface area contributed by atoms with Crippen LogP contribution in [0.1, 0.15) is 141 Å². The summed E-state index contributed by atoms with van der Waals surface area (Å²) < 4.78 is 11.5. The Morgan fingerprint density at radius 2 is 1.61 bits per heavy atom. The molecule has 4 aliphatic carbocycles. The SMILES string of the molecule is CC(=O)Oc1cc2c(c(C)c1OC(C)=O)C(SC(C)C)C=C1CC[C@@H]2CC[C@@]2(C)[C@@H]3C[C@](C)(C(N)=O)CC[C@]3(C)CC[C@]12C.